The number of aromatic nitrogens is 3. The minimum atomic E-state index is -0.0357. The van der Waals surface area contributed by atoms with Gasteiger partial charge in [0.15, 0.2) is 0 Å². The summed E-state index contributed by atoms with van der Waals surface area (Å²) in [7, 11) is 0. The van der Waals surface area contributed by atoms with Crippen LogP contribution in [0.5, 0.6) is 5.75 Å². The third-order valence-corrected chi connectivity index (χ3v) is 3.96. The molecule has 0 atom stereocenters. The first kappa shape index (κ1) is 13.8. The van der Waals surface area contributed by atoms with Gasteiger partial charge in [0.05, 0.1) is 0 Å². The first-order chi connectivity index (χ1) is 11.2. The SMILES string of the molecule is O=c1ccc2cnc(Nc3cccc(O)c3)nc2n1CC1CC1. The Hall–Kier alpha value is -2.89. The largest absolute Gasteiger partial charge is 0.508 e. The molecular weight excluding hydrogens is 292 g/mol. The van der Waals surface area contributed by atoms with E-state index in [1.54, 1.807) is 41.1 Å². The summed E-state index contributed by atoms with van der Waals surface area (Å²) < 4.78 is 1.72. The lowest BCUT2D eigenvalue weighted by atomic mass is 10.3. The van der Waals surface area contributed by atoms with Crippen molar-refractivity contribution in [3.63, 3.8) is 0 Å². The highest BCUT2D eigenvalue weighted by molar-refractivity contribution is 5.75. The zero-order chi connectivity index (χ0) is 15.8. The third-order valence-electron chi connectivity index (χ3n) is 3.96. The molecule has 0 amide bonds. The predicted molar refractivity (Wildman–Crippen MR) is 87.9 cm³/mol. The summed E-state index contributed by atoms with van der Waals surface area (Å²) in [6.07, 6.45) is 4.04. The summed E-state index contributed by atoms with van der Waals surface area (Å²) in [5.74, 6) is 1.15. The Morgan fingerprint density at radius 3 is 2.91 bits per heavy atom. The van der Waals surface area contributed by atoms with E-state index in [-0.39, 0.29) is 11.3 Å². The van der Waals surface area contributed by atoms with E-state index in [9.17, 15) is 9.90 Å². The summed E-state index contributed by atoms with van der Waals surface area (Å²) in [5.41, 5.74) is 1.30. The molecule has 0 bridgehead atoms. The lowest BCUT2D eigenvalue weighted by Crippen LogP contribution is -2.21. The topological polar surface area (TPSA) is 80.0 Å². The van der Waals surface area contributed by atoms with Crippen LogP contribution in [0.15, 0.2) is 47.4 Å². The number of anilines is 2. The molecule has 1 aromatic carbocycles. The number of nitrogens with one attached hydrogen (secondary N) is 1. The Bertz CT molecular complexity index is 931. The summed E-state index contributed by atoms with van der Waals surface area (Å²) in [6, 6.07) is 10.1. The molecule has 1 fully saturated rings. The van der Waals surface area contributed by atoms with Gasteiger partial charge >= 0.3 is 0 Å². The van der Waals surface area contributed by atoms with E-state index in [1.807, 2.05) is 6.07 Å². The Kier molecular flexibility index (Phi) is 3.22. The smallest absolute Gasteiger partial charge is 0.252 e. The van der Waals surface area contributed by atoms with E-state index in [0.29, 0.717) is 29.7 Å². The van der Waals surface area contributed by atoms with Gasteiger partial charge in [-0.15, -0.1) is 0 Å². The van der Waals surface area contributed by atoms with E-state index < -0.39 is 0 Å². The molecular formula is C17H16N4O2. The quantitative estimate of drug-likeness (QED) is 0.774. The highest BCUT2D eigenvalue weighted by Gasteiger charge is 2.23. The van der Waals surface area contributed by atoms with Crippen LogP contribution < -0.4 is 10.9 Å². The van der Waals surface area contributed by atoms with Crippen LogP contribution in [0.2, 0.25) is 0 Å². The number of nitrogens with zero attached hydrogens (tertiary/aromatic N) is 3. The van der Waals surface area contributed by atoms with Crippen LogP contribution in [0.4, 0.5) is 11.6 Å². The molecule has 6 heteroatoms. The second kappa shape index (κ2) is 5.39. The van der Waals surface area contributed by atoms with Crippen molar-refractivity contribution in [3.05, 3.63) is 52.9 Å². The molecule has 116 valence electrons. The Morgan fingerprint density at radius 1 is 1.26 bits per heavy atom. The van der Waals surface area contributed by atoms with Crippen LogP contribution in [0.3, 0.4) is 0 Å². The number of phenols is 1. The zero-order valence-electron chi connectivity index (χ0n) is 12.4. The van der Waals surface area contributed by atoms with Crippen molar-refractivity contribution in [1.82, 2.24) is 14.5 Å². The van der Waals surface area contributed by atoms with Gasteiger partial charge in [0, 0.05) is 35.9 Å². The maximum absolute atomic E-state index is 12.2. The number of benzene rings is 1. The van der Waals surface area contributed by atoms with Crippen LogP contribution in [0.1, 0.15) is 12.8 Å². The Labute approximate surface area is 132 Å². The molecule has 23 heavy (non-hydrogen) atoms. The highest BCUT2D eigenvalue weighted by Crippen LogP contribution is 2.31. The van der Waals surface area contributed by atoms with E-state index in [4.69, 9.17) is 0 Å². The molecule has 2 N–H and O–H groups in total. The maximum atomic E-state index is 12.2. The van der Waals surface area contributed by atoms with E-state index >= 15 is 0 Å². The highest BCUT2D eigenvalue weighted by atomic mass is 16.3. The van der Waals surface area contributed by atoms with Gasteiger partial charge in [-0.2, -0.15) is 4.98 Å². The normalized spacial score (nSPS) is 14.1. The van der Waals surface area contributed by atoms with Gasteiger partial charge in [-0.05, 0) is 37.0 Å². The van der Waals surface area contributed by atoms with Gasteiger partial charge < -0.3 is 10.4 Å². The fourth-order valence-corrected chi connectivity index (χ4v) is 2.58. The summed E-state index contributed by atoms with van der Waals surface area (Å²) in [4.78, 5) is 20.9. The Balaban J connectivity index is 1.75. The van der Waals surface area contributed by atoms with Crippen molar-refractivity contribution < 1.29 is 5.11 Å². The lowest BCUT2D eigenvalue weighted by Gasteiger charge is -2.10. The fourth-order valence-electron chi connectivity index (χ4n) is 2.58. The number of rotatable bonds is 4. The molecule has 1 aliphatic carbocycles. The molecule has 0 radical (unpaired) electrons. The van der Waals surface area contributed by atoms with Crippen molar-refractivity contribution in [2.75, 3.05) is 5.32 Å². The molecule has 0 aliphatic heterocycles. The standard InChI is InChI=1S/C17H16N4O2/c22-14-3-1-2-13(8-14)19-17-18-9-12-6-7-15(23)21(16(12)20-17)10-11-4-5-11/h1-3,6-9,11,22H,4-5,10H2,(H,18,19,20). The summed E-state index contributed by atoms with van der Waals surface area (Å²) in [6.45, 7) is 0.707. The number of phenolic OH excluding ortho intramolecular Hbond substituents is 1. The molecule has 2 heterocycles. The van der Waals surface area contributed by atoms with Crippen molar-refractivity contribution in [2.24, 2.45) is 5.92 Å². The minimum absolute atomic E-state index is 0.0357. The maximum Gasteiger partial charge on any atom is 0.252 e. The van der Waals surface area contributed by atoms with Crippen molar-refractivity contribution >= 4 is 22.7 Å². The van der Waals surface area contributed by atoms with Crippen LogP contribution in [-0.4, -0.2) is 19.6 Å². The third kappa shape index (κ3) is 2.88. The first-order valence-corrected chi connectivity index (χ1v) is 7.62. The molecule has 0 spiro atoms. The number of fused-ring (bicyclic) bond motifs is 1. The molecule has 0 saturated heterocycles. The second-order valence-corrected chi connectivity index (χ2v) is 5.87. The number of hydrogen-bond acceptors (Lipinski definition) is 5. The van der Waals surface area contributed by atoms with Gasteiger partial charge in [-0.1, -0.05) is 6.07 Å². The number of hydrogen-bond donors (Lipinski definition) is 2. The van der Waals surface area contributed by atoms with Crippen LogP contribution in [-0.2, 0) is 6.54 Å². The van der Waals surface area contributed by atoms with Gasteiger partial charge in [0.25, 0.3) is 5.56 Å². The van der Waals surface area contributed by atoms with Gasteiger partial charge in [0.1, 0.15) is 11.4 Å². The average Bonchev–Trinajstić information content (AvgIpc) is 3.34. The molecule has 1 aliphatic rings. The zero-order valence-corrected chi connectivity index (χ0v) is 12.4. The number of pyridine rings is 1. The van der Waals surface area contributed by atoms with E-state index in [0.717, 1.165) is 5.39 Å². The average molecular weight is 308 g/mol. The predicted octanol–water partition coefficient (Wildman–Crippen LogP) is 2.65. The van der Waals surface area contributed by atoms with Gasteiger partial charge in [0.2, 0.25) is 5.95 Å². The lowest BCUT2D eigenvalue weighted by molar-refractivity contribution is 0.475. The molecule has 3 aromatic rings. The van der Waals surface area contributed by atoms with Crippen LogP contribution in [0.25, 0.3) is 11.0 Å². The molecule has 1 saturated carbocycles. The van der Waals surface area contributed by atoms with Crippen LogP contribution >= 0.6 is 0 Å². The fraction of sp³-hybridized carbons (Fsp3) is 0.235. The van der Waals surface area contributed by atoms with E-state index in [1.165, 1.54) is 12.8 Å². The first-order valence-electron chi connectivity index (χ1n) is 7.62. The van der Waals surface area contributed by atoms with Crippen molar-refractivity contribution in [2.45, 2.75) is 19.4 Å². The molecule has 4 rings (SSSR count). The van der Waals surface area contributed by atoms with E-state index in [2.05, 4.69) is 15.3 Å². The van der Waals surface area contributed by atoms with Crippen LogP contribution in [0, 0.1) is 5.92 Å². The molecule has 2 aromatic heterocycles. The monoisotopic (exact) mass is 308 g/mol. The van der Waals surface area contributed by atoms with Gasteiger partial charge in [-0.25, -0.2) is 4.98 Å². The van der Waals surface area contributed by atoms with Crippen molar-refractivity contribution in [1.29, 1.82) is 0 Å². The molecule has 0 unspecified atom stereocenters. The minimum Gasteiger partial charge on any atom is -0.508 e. The van der Waals surface area contributed by atoms with Gasteiger partial charge in [-0.3, -0.25) is 9.36 Å². The number of aromatic hydroxyl groups is 1. The second-order valence-electron chi connectivity index (χ2n) is 5.87. The molecule has 6 nitrogen and oxygen atoms in total. The van der Waals surface area contributed by atoms with Crippen molar-refractivity contribution in [3.8, 4) is 5.75 Å². The summed E-state index contributed by atoms with van der Waals surface area (Å²) in [5, 5.41) is 13.4. The Morgan fingerprint density at radius 2 is 2.13 bits per heavy atom. The summed E-state index contributed by atoms with van der Waals surface area (Å²) >= 11 is 0.